The molecule has 6 aromatic carbocycles. The van der Waals surface area contributed by atoms with Crippen molar-refractivity contribution in [3.8, 4) is 39.6 Å². The van der Waals surface area contributed by atoms with Crippen molar-refractivity contribution < 1.29 is 0 Å². The smallest absolute Gasteiger partial charge is 0.170 e. The average molecular weight is 670 g/mol. The minimum absolute atomic E-state index is 0.645. The lowest BCUT2D eigenvalue weighted by molar-refractivity contribution is 0.571. The van der Waals surface area contributed by atoms with Gasteiger partial charge in [-0.25, -0.2) is 19.9 Å². The number of aromatic nitrogens is 5. The van der Waals surface area contributed by atoms with Crippen molar-refractivity contribution >= 4 is 44.0 Å². The van der Waals surface area contributed by atoms with E-state index in [1.807, 2.05) is 12.1 Å². The van der Waals surface area contributed by atoms with Crippen LogP contribution in [-0.4, -0.2) is 38.6 Å². The molecule has 1 aliphatic carbocycles. The molecule has 0 radical (unpaired) electrons. The number of para-hydroxylation sites is 2. The topological polar surface area (TPSA) is 56.5 Å². The SMILES string of the molecule is C[N+]1(C)c2ccccc2-c2c3c(c4c5ccccc5n(-c5cc(-c6ncccn6)cc(-c6ncccn6)c5)c4c21)Cc1cc2ccccc2cc1C3. The van der Waals surface area contributed by atoms with Crippen LogP contribution in [0.3, 0.4) is 0 Å². The van der Waals surface area contributed by atoms with Gasteiger partial charge in [0.25, 0.3) is 0 Å². The van der Waals surface area contributed by atoms with E-state index in [0.717, 1.165) is 29.7 Å². The molecular formula is C46H33N6+. The standard InChI is InChI=1S/C46H33N6/c1-52(2)40-16-8-6-14-36(40)42-38-27-31-22-29-12-4-3-11-28(29)21-30(31)26-37(38)41-35-13-5-7-15-39(35)51(43(41)44(42)52)34-24-32(45-47-17-9-18-48-45)23-33(25-34)46-49-19-10-20-50-46/h3-25H,26-27H2,1-2H3/q+1. The van der Waals surface area contributed by atoms with Crippen molar-refractivity contribution in [3.63, 3.8) is 0 Å². The fraction of sp³-hybridized carbons (Fsp3) is 0.0870. The molecule has 1 aliphatic heterocycles. The summed E-state index contributed by atoms with van der Waals surface area (Å²) in [7, 11) is 4.69. The van der Waals surface area contributed by atoms with E-state index in [9.17, 15) is 0 Å². The largest absolute Gasteiger partial charge is 0.304 e. The third kappa shape index (κ3) is 4.10. The van der Waals surface area contributed by atoms with Crippen molar-refractivity contribution in [2.75, 3.05) is 14.1 Å². The number of nitrogens with zero attached hydrogens (tertiary/aromatic N) is 6. The molecule has 0 N–H and O–H groups in total. The van der Waals surface area contributed by atoms with Crippen LogP contribution in [0.4, 0.5) is 11.4 Å². The molecule has 0 saturated carbocycles. The van der Waals surface area contributed by atoms with Crippen LogP contribution >= 0.6 is 0 Å². The lowest BCUT2D eigenvalue weighted by Crippen LogP contribution is -2.32. The van der Waals surface area contributed by atoms with Crippen LogP contribution in [0.25, 0.3) is 72.2 Å². The van der Waals surface area contributed by atoms with E-state index in [-0.39, 0.29) is 0 Å². The molecule has 6 heteroatoms. The maximum absolute atomic E-state index is 4.68. The highest BCUT2D eigenvalue weighted by Crippen LogP contribution is 2.59. The van der Waals surface area contributed by atoms with E-state index in [1.165, 1.54) is 77.3 Å². The van der Waals surface area contributed by atoms with Crippen LogP contribution in [0, 0.1) is 0 Å². The van der Waals surface area contributed by atoms with Gasteiger partial charge in [0.05, 0.1) is 25.2 Å². The molecule has 6 nitrogen and oxygen atoms in total. The molecule has 2 aliphatic rings. The van der Waals surface area contributed by atoms with Gasteiger partial charge >= 0.3 is 0 Å². The van der Waals surface area contributed by atoms with E-state index in [4.69, 9.17) is 0 Å². The highest BCUT2D eigenvalue weighted by molar-refractivity contribution is 6.20. The van der Waals surface area contributed by atoms with Crippen LogP contribution in [0.1, 0.15) is 22.3 Å². The van der Waals surface area contributed by atoms with Crippen LogP contribution in [0.5, 0.6) is 0 Å². The van der Waals surface area contributed by atoms with E-state index in [2.05, 4.69) is 142 Å². The molecule has 0 atom stereocenters. The average Bonchev–Trinajstić information content (AvgIpc) is 3.66. The quantitative estimate of drug-likeness (QED) is 0.176. The molecule has 4 heterocycles. The van der Waals surface area contributed by atoms with E-state index in [1.54, 1.807) is 24.8 Å². The number of hydrogen-bond donors (Lipinski definition) is 0. The van der Waals surface area contributed by atoms with Crippen molar-refractivity contribution in [3.05, 3.63) is 162 Å². The Kier molecular flexibility index (Phi) is 6.05. The van der Waals surface area contributed by atoms with Crippen LogP contribution in [-0.2, 0) is 12.8 Å². The summed E-state index contributed by atoms with van der Waals surface area (Å²) in [5.41, 5.74) is 16.3. The second-order valence-corrected chi connectivity index (χ2v) is 14.5. The minimum Gasteiger partial charge on any atom is -0.304 e. The van der Waals surface area contributed by atoms with E-state index >= 15 is 0 Å². The molecule has 9 aromatic rings. The molecule has 3 aromatic heterocycles. The molecule has 0 amide bonds. The third-order valence-electron chi connectivity index (χ3n) is 11.3. The summed E-state index contributed by atoms with van der Waals surface area (Å²) >= 11 is 0. The second kappa shape index (κ2) is 10.8. The molecule has 246 valence electrons. The van der Waals surface area contributed by atoms with Gasteiger partial charge in [-0.3, -0.25) is 4.48 Å². The summed E-state index contributed by atoms with van der Waals surface area (Å²) in [6, 6.07) is 41.8. The van der Waals surface area contributed by atoms with Crippen molar-refractivity contribution in [2.45, 2.75) is 12.8 Å². The zero-order valence-electron chi connectivity index (χ0n) is 28.9. The molecule has 52 heavy (non-hydrogen) atoms. The predicted octanol–water partition coefficient (Wildman–Crippen LogP) is 10.2. The Hall–Kier alpha value is -6.50. The fourth-order valence-electron chi connectivity index (χ4n) is 9.06. The highest BCUT2D eigenvalue weighted by atomic mass is 15.3. The van der Waals surface area contributed by atoms with Crippen molar-refractivity contribution in [1.82, 2.24) is 29.0 Å². The molecular weight excluding hydrogens is 637 g/mol. The Balaban J connectivity index is 1.29. The zero-order valence-corrected chi connectivity index (χ0v) is 28.9. The molecule has 0 unspecified atom stereocenters. The minimum atomic E-state index is 0.645. The van der Waals surface area contributed by atoms with Gasteiger partial charge in [0.15, 0.2) is 17.3 Å². The van der Waals surface area contributed by atoms with Crippen LogP contribution in [0.2, 0.25) is 0 Å². The Labute approximate surface area is 300 Å². The van der Waals surface area contributed by atoms with Gasteiger partial charge in [-0.2, -0.15) is 0 Å². The van der Waals surface area contributed by atoms with Crippen LogP contribution in [0.15, 0.2) is 140 Å². The van der Waals surface area contributed by atoms with Gasteiger partial charge < -0.3 is 4.57 Å². The second-order valence-electron chi connectivity index (χ2n) is 14.5. The van der Waals surface area contributed by atoms with Gasteiger partial charge in [0.1, 0.15) is 11.2 Å². The Bertz CT molecular complexity index is 2870. The maximum Gasteiger partial charge on any atom is 0.170 e. The first-order valence-electron chi connectivity index (χ1n) is 17.8. The number of hydrogen-bond acceptors (Lipinski definition) is 4. The zero-order chi connectivity index (χ0) is 34.6. The molecule has 0 saturated heterocycles. The third-order valence-corrected chi connectivity index (χ3v) is 11.3. The first-order valence-corrected chi connectivity index (χ1v) is 17.8. The number of rotatable bonds is 3. The first-order chi connectivity index (χ1) is 25.5. The molecule has 0 bridgehead atoms. The maximum atomic E-state index is 4.68. The number of quaternary nitrogens is 1. The van der Waals surface area contributed by atoms with E-state index in [0.29, 0.717) is 16.1 Å². The van der Waals surface area contributed by atoms with Gasteiger partial charge in [-0.05, 0) is 88.3 Å². The van der Waals surface area contributed by atoms with Crippen molar-refractivity contribution in [1.29, 1.82) is 0 Å². The Morgan fingerprint density at radius 1 is 0.577 bits per heavy atom. The van der Waals surface area contributed by atoms with Gasteiger partial charge in [0.2, 0.25) is 0 Å². The molecule has 11 rings (SSSR count). The molecule has 0 fully saturated rings. The highest BCUT2D eigenvalue weighted by Gasteiger charge is 2.44. The number of benzene rings is 6. The normalized spacial score (nSPS) is 14.0. The summed E-state index contributed by atoms with van der Waals surface area (Å²) in [4.78, 5) is 18.7. The fourth-order valence-corrected chi connectivity index (χ4v) is 9.06. The summed E-state index contributed by atoms with van der Waals surface area (Å²) in [5, 5.41) is 5.19. The predicted molar refractivity (Wildman–Crippen MR) is 211 cm³/mol. The van der Waals surface area contributed by atoms with Crippen molar-refractivity contribution in [2.24, 2.45) is 0 Å². The molecule has 0 spiro atoms. The van der Waals surface area contributed by atoms with Gasteiger partial charge in [-0.1, -0.05) is 66.7 Å². The van der Waals surface area contributed by atoms with Gasteiger partial charge in [0, 0.05) is 64.0 Å². The Morgan fingerprint density at radius 2 is 1.15 bits per heavy atom. The first kappa shape index (κ1) is 29.3. The summed E-state index contributed by atoms with van der Waals surface area (Å²) in [5.74, 6) is 1.33. The summed E-state index contributed by atoms with van der Waals surface area (Å²) < 4.78 is 3.14. The van der Waals surface area contributed by atoms with E-state index < -0.39 is 0 Å². The lowest BCUT2D eigenvalue weighted by atomic mass is 9.79. The lowest BCUT2D eigenvalue weighted by Gasteiger charge is -2.29. The summed E-state index contributed by atoms with van der Waals surface area (Å²) in [6.45, 7) is 0. The summed E-state index contributed by atoms with van der Waals surface area (Å²) in [6.07, 6.45) is 8.97. The van der Waals surface area contributed by atoms with Gasteiger partial charge in [-0.15, -0.1) is 0 Å². The Morgan fingerprint density at radius 3 is 1.83 bits per heavy atom. The monoisotopic (exact) mass is 669 g/mol. The number of fused-ring (bicyclic) bond motifs is 12. The van der Waals surface area contributed by atoms with Crippen LogP contribution < -0.4 is 4.48 Å².